The zero-order chi connectivity index (χ0) is 17.7. The van der Waals surface area contributed by atoms with Gasteiger partial charge in [0.25, 0.3) is 0 Å². The Labute approximate surface area is 137 Å². The van der Waals surface area contributed by atoms with Gasteiger partial charge in [-0.05, 0) is 25.5 Å². The van der Waals surface area contributed by atoms with E-state index in [1.54, 1.807) is 37.1 Å². The summed E-state index contributed by atoms with van der Waals surface area (Å²) < 4.78 is 40.6. The Morgan fingerprint density at radius 1 is 1.42 bits per heavy atom. The molecule has 2 aromatic rings. The molecule has 2 rings (SSSR count). The van der Waals surface area contributed by atoms with Gasteiger partial charge in [0.2, 0.25) is 5.91 Å². The van der Waals surface area contributed by atoms with E-state index in [0.717, 1.165) is 11.6 Å². The normalized spacial score (nSPS) is 12.0. The van der Waals surface area contributed by atoms with Gasteiger partial charge in [-0.1, -0.05) is 0 Å². The molecule has 130 valence electrons. The van der Waals surface area contributed by atoms with Gasteiger partial charge in [0.1, 0.15) is 0 Å². The third-order valence-electron chi connectivity index (χ3n) is 3.27. The lowest BCUT2D eigenvalue weighted by molar-refractivity contribution is -0.141. The predicted octanol–water partition coefficient (Wildman–Crippen LogP) is 2.16. The van der Waals surface area contributed by atoms with Gasteiger partial charge in [-0.25, -0.2) is 0 Å². The van der Waals surface area contributed by atoms with Crippen molar-refractivity contribution >= 4 is 12.0 Å². The molecule has 2 heterocycles. The van der Waals surface area contributed by atoms with Crippen LogP contribution in [0.4, 0.5) is 13.2 Å². The summed E-state index contributed by atoms with van der Waals surface area (Å²) in [6.45, 7) is 2.21. The summed E-state index contributed by atoms with van der Waals surface area (Å²) in [7, 11) is 1.78. The Morgan fingerprint density at radius 2 is 2.17 bits per heavy atom. The minimum absolute atomic E-state index is 0.271. The van der Waals surface area contributed by atoms with Crippen molar-refractivity contribution in [3.8, 4) is 0 Å². The number of nitrogens with zero attached hydrogens (tertiary/aromatic N) is 4. The van der Waals surface area contributed by atoms with Crippen molar-refractivity contribution in [1.29, 1.82) is 0 Å². The third kappa shape index (κ3) is 4.97. The predicted molar refractivity (Wildman–Crippen MR) is 81.8 cm³/mol. The van der Waals surface area contributed by atoms with Crippen molar-refractivity contribution in [1.82, 2.24) is 24.9 Å². The molecule has 0 aliphatic heterocycles. The van der Waals surface area contributed by atoms with Crippen molar-refractivity contribution < 1.29 is 18.0 Å². The second-order valence-electron chi connectivity index (χ2n) is 5.32. The van der Waals surface area contributed by atoms with Crippen LogP contribution in [-0.2, 0) is 24.6 Å². The van der Waals surface area contributed by atoms with E-state index in [4.69, 9.17) is 0 Å². The Morgan fingerprint density at radius 3 is 2.75 bits per heavy atom. The lowest BCUT2D eigenvalue weighted by Crippen LogP contribution is -2.23. The average Bonchev–Trinajstić information content (AvgIpc) is 3.07. The molecule has 9 heteroatoms. The van der Waals surface area contributed by atoms with Crippen molar-refractivity contribution in [2.24, 2.45) is 7.05 Å². The van der Waals surface area contributed by atoms with Crippen molar-refractivity contribution in [3.05, 3.63) is 41.5 Å². The van der Waals surface area contributed by atoms with Crippen LogP contribution in [0.25, 0.3) is 6.08 Å². The van der Waals surface area contributed by atoms with E-state index in [-0.39, 0.29) is 5.91 Å². The fourth-order valence-electron chi connectivity index (χ4n) is 2.07. The highest BCUT2D eigenvalue weighted by molar-refractivity contribution is 5.91. The summed E-state index contributed by atoms with van der Waals surface area (Å²) in [5, 5.41) is 10.2. The Kier molecular flexibility index (Phi) is 5.42. The van der Waals surface area contributed by atoms with Crippen LogP contribution in [0.5, 0.6) is 0 Å². The Hall–Kier alpha value is -2.58. The monoisotopic (exact) mass is 341 g/mol. The van der Waals surface area contributed by atoms with Crippen molar-refractivity contribution in [3.63, 3.8) is 0 Å². The maximum Gasteiger partial charge on any atom is 0.435 e. The number of hydrogen-bond acceptors (Lipinski definition) is 3. The molecule has 0 atom stereocenters. The largest absolute Gasteiger partial charge is 0.435 e. The van der Waals surface area contributed by atoms with Gasteiger partial charge < -0.3 is 5.32 Å². The second kappa shape index (κ2) is 7.33. The molecular weight excluding hydrogens is 323 g/mol. The first-order valence-electron chi connectivity index (χ1n) is 7.32. The molecule has 0 unspecified atom stereocenters. The van der Waals surface area contributed by atoms with E-state index in [2.05, 4.69) is 15.5 Å². The summed E-state index contributed by atoms with van der Waals surface area (Å²) >= 11 is 0. The number of carbonyl (C=O) groups excluding carboxylic acids is 1. The highest BCUT2D eigenvalue weighted by atomic mass is 19.4. The smallest absolute Gasteiger partial charge is 0.352 e. The number of amides is 1. The molecule has 24 heavy (non-hydrogen) atoms. The van der Waals surface area contributed by atoms with Crippen LogP contribution < -0.4 is 5.32 Å². The highest BCUT2D eigenvalue weighted by Crippen LogP contribution is 2.28. The van der Waals surface area contributed by atoms with E-state index in [1.165, 1.54) is 10.8 Å². The standard InChI is InChI=1S/C15H18F3N5O/c1-11-8-13(15(16,17)18)21-23(11)7-3-6-19-14(24)5-4-12-9-20-22(2)10-12/h4-5,8-10H,3,6-7H2,1-2H3,(H,19,24)/b5-4+. The number of rotatable bonds is 6. The topological polar surface area (TPSA) is 64.7 Å². The number of alkyl halides is 3. The van der Waals surface area contributed by atoms with E-state index < -0.39 is 11.9 Å². The van der Waals surface area contributed by atoms with Crippen LogP contribution in [0.15, 0.2) is 24.5 Å². The first-order chi connectivity index (χ1) is 11.3. The van der Waals surface area contributed by atoms with Crippen molar-refractivity contribution in [2.45, 2.75) is 26.1 Å². The van der Waals surface area contributed by atoms with E-state index in [1.807, 2.05) is 0 Å². The molecule has 6 nitrogen and oxygen atoms in total. The van der Waals surface area contributed by atoms with E-state index >= 15 is 0 Å². The van der Waals surface area contributed by atoms with Gasteiger partial charge in [-0.3, -0.25) is 14.2 Å². The summed E-state index contributed by atoms with van der Waals surface area (Å²) in [6, 6.07) is 1.01. The van der Waals surface area contributed by atoms with Crippen LogP contribution in [0.3, 0.4) is 0 Å². The van der Waals surface area contributed by atoms with Crippen LogP contribution in [0.2, 0.25) is 0 Å². The van der Waals surface area contributed by atoms with Gasteiger partial charge >= 0.3 is 6.18 Å². The average molecular weight is 341 g/mol. The number of hydrogen-bond donors (Lipinski definition) is 1. The molecule has 1 amide bonds. The quantitative estimate of drug-likeness (QED) is 0.647. The Balaban J connectivity index is 1.76. The maximum absolute atomic E-state index is 12.6. The van der Waals surface area contributed by atoms with E-state index in [9.17, 15) is 18.0 Å². The number of aryl methyl sites for hydroxylation is 3. The zero-order valence-electron chi connectivity index (χ0n) is 13.3. The SMILES string of the molecule is Cc1cc(C(F)(F)F)nn1CCCNC(=O)/C=C/c1cnn(C)c1. The number of carbonyl (C=O) groups is 1. The number of halogens is 3. The third-order valence-corrected chi connectivity index (χ3v) is 3.27. The van der Waals surface area contributed by atoms with Gasteiger partial charge in [0.05, 0.1) is 6.20 Å². The molecule has 0 aromatic carbocycles. The first kappa shape index (κ1) is 17.8. The minimum atomic E-state index is -4.44. The molecule has 0 bridgehead atoms. The molecule has 0 radical (unpaired) electrons. The van der Waals surface area contributed by atoms with Crippen LogP contribution in [-0.4, -0.2) is 32.0 Å². The van der Waals surface area contributed by atoms with Gasteiger partial charge in [0.15, 0.2) is 5.69 Å². The highest BCUT2D eigenvalue weighted by Gasteiger charge is 2.34. The fraction of sp³-hybridized carbons (Fsp3) is 0.400. The fourth-order valence-corrected chi connectivity index (χ4v) is 2.07. The second-order valence-corrected chi connectivity index (χ2v) is 5.32. The Bertz CT molecular complexity index is 730. The van der Waals surface area contributed by atoms with Crippen LogP contribution in [0.1, 0.15) is 23.4 Å². The lowest BCUT2D eigenvalue weighted by Gasteiger charge is -2.05. The molecule has 0 aliphatic rings. The first-order valence-corrected chi connectivity index (χ1v) is 7.32. The number of aromatic nitrogens is 4. The molecule has 0 fully saturated rings. The molecule has 0 aliphatic carbocycles. The molecule has 0 saturated carbocycles. The van der Waals surface area contributed by atoms with Gasteiger partial charge in [-0.2, -0.15) is 23.4 Å². The minimum Gasteiger partial charge on any atom is -0.352 e. The summed E-state index contributed by atoms with van der Waals surface area (Å²) in [5.41, 5.74) is 0.341. The summed E-state index contributed by atoms with van der Waals surface area (Å²) in [5.74, 6) is -0.271. The molecule has 0 saturated heterocycles. The molecule has 2 aromatic heterocycles. The molecule has 1 N–H and O–H groups in total. The lowest BCUT2D eigenvalue weighted by atomic mass is 10.3. The molecular formula is C15H18F3N5O. The van der Waals surface area contributed by atoms with Crippen molar-refractivity contribution in [2.75, 3.05) is 6.54 Å². The van der Waals surface area contributed by atoms with Crippen LogP contribution >= 0.6 is 0 Å². The zero-order valence-corrected chi connectivity index (χ0v) is 13.3. The van der Waals surface area contributed by atoms with E-state index in [0.29, 0.717) is 25.2 Å². The molecule has 0 spiro atoms. The summed E-state index contributed by atoms with van der Waals surface area (Å²) in [4.78, 5) is 11.6. The van der Waals surface area contributed by atoms with Crippen LogP contribution in [0, 0.1) is 6.92 Å². The number of nitrogens with one attached hydrogen (secondary N) is 1. The maximum atomic E-state index is 12.6. The van der Waals surface area contributed by atoms with Gasteiger partial charge in [0, 0.05) is 43.7 Å². The summed E-state index contributed by atoms with van der Waals surface area (Å²) in [6.07, 6.45) is 2.45. The van der Waals surface area contributed by atoms with Gasteiger partial charge in [-0.15, -0.1) is 0 Å².